The van der Waals surface area contributed by atoms with Gasteiger partial charge in [0, 0.05) is 19.7 Å². The van der Waals surface area contributed by atoms with E-state index >= 15 is 0 Å². The van der Waals surface area contributed by atoms with Crippen molar-refractivity contribution in [3.05, 3.63) is 0 Å². The smallest absolute Gasteiger partial charge is 0.242 e. The van der Waals surface area contributed by atoms with E-state index in [1.165, 1.54) is 6.42 Å². The second kappa shape index (κ2) is 5.36. The van der Waals surface area contributed by atoms with Crippen molar-refractivity contribution in [3.63, 3.8) is 0 Å². The van der Waals surface area contributed by atoms with Crippen molar-refractivity contribution in [2.24, 2.45) is 5.73 Å². The number of rotatable bonds is 1. The van der Waals surface area contributed by atoms with Crippen LogP contribution in [0.1, 0.15) is 45.4 Å². The Kier molecular flexibility index (Phi) is 4.05. The third kappa shape index (κ3) is 2.99. The second-order valence-corrected chi connectivity index (χ2v) is 5.50. The lowest BCUT2D eigenvalue weighted by atomic mass is 9.81. The molecule has 2 rings (SSSR count). The van der Waals surface area contributed by atoms with Gasteiger partial charge < -0.3 is 15.4 Å². The zero-order valence-electron chi connectivity index (χ0n) is 10.8. The summed E-state index contributed by atoms with van der Waals surface area (Å²) in [5.74, 6) is 0.148. The first-order chi connectivity index (χ1) is 8.12. The molecule has 0 aromatic heterocycles. The molecular weight excluding hydrogens is 216 g/mol. The van der Waals surface area contributed by atoms with Gasteiger partial charge in [-0.15, -0.1) is 0 Å². The van der Waals surface area contributed by atoms with Crippen LogP contribution in [0, 0.1) is 0 Å². The molecular formula is C13H24N2O2. The Hall–Kier alpha value is -0.610. The normalized spacial score (nSPS) is 29.8. The molecule has 2 fully saturated rings. The van der Waals surface area contributed by atoms with E-state index in [0.29, 0.717) is 6.54 Å². The van der Waals surface area contributed by atoms with Crippen LogP contribution in [-0.2, 0) is 9.53 Å². The summed E-state index contributed by atoms with van der Waals surface area (Å²) in [5, 5.41) is 0. The molecule has 17 heavy (non-hydrogen) atoms. The molecule has 4 nitrogen and oxygen atoms in total. The zero-order valence-corrected chi connectivity index (χ0v) is 10.8. The summed E-state index contributed by atoms with van der Waals surface area (Å²) in [4.78, 5) is 14.4. The number of ether oxygens (including phenoxy) is 1. The third-order valence-corrected chi connectivity index (χ3v) is 3.91. The highest BCUT2D eigenvalue weighted by molar-refractivity contribution is 5.86. The monoisotopic (exact) mass is 240 g/mol. The molecule has 1 saturated heterocycles. The highest BCUT2D eigenvalue weighted by Crippen LogP contribution is 2.28. The number of carbonyl (C=O) groups excluding carboxylic acids is 1. The molecule has 0 aromatic rings. The van der Waals surface area contributed by atoms with Crippen molar-refractivity contribution in [3.8, 4) is 0 Å². The van der Waals surface area contributed by atoms with Crippen LogP contribution in [0.4, 0.5) is 0 Å². The van der Waals surface area contributed by atoms with Crippen molar-refractivity contribution in [1.29, 1.82) is 0 Å². The molecule has 1 heterocycles. The number of carbonyl (C=O) groups is 1. The lowest BCUT2D eigenvalue weighted by molar-refractivity contribution is -0.139. The van der Waals surface area contributed by atoms with Crippen molar-refractivity contribution in [2.75, 3.05) is 19.7 Å². The lowest BCUT2D eigenvalue weighted by Crippen LogP contribution is -2.57. The van der Waals surface area contributed by atoms with E-state index in [1.807, 2.05) is 11.8 Å². The fourth-order valence-corrected chi connectivity index (χ4v) is 2.89. The topological polar surface area (TPSA) is 55.6 Å². The predicted octanol–water partition coefficient (Wildman–Crippen LogP) is 1.29. The maximum Gasteiger partial charge on any atom is 0.242 e. The Morgan fingerprint density at radius 1 is 1.29 bits per heavy atom. The maximum absolute atomic E-state index is 12.5. The highest BCUT2D eigenvalue weighted by atomic mass is 16.5. The van der Waals surface area contributed by atoms with Gasteiger partial charge in [-0.25, -0.2) is 0 Å². The molecule has 2 aliphatic rings. The van der Waals surface area contributed by atoms with Crippen LogP contribution in [0.3, 0.4) is 0 Å². The molecule has 1 aliphatic carbocycles. The second-order valence-electron chi connectivity index (χ2n) is 5.50. The average Bonchev–Trinajstić information content (AvgIpc) is 2.54. The molecule has 0 bridgehead atoms. The molecule has 1 aliphatic heterocycles. The van der Waals surface area contributed by atoms with Gasteiger partial charge >= 0.3 is 0 Å². The van der Waals surface area contributed by atoms with E-state index in [9.17, 15) is 4.79 Å². The van der Waals surface area contributed by atoms with Crippen LogP contribution in [-0.4, -0.2) is 42.1 Å². The van der Waals surface area contributed by atoms with E-state index in [0.717, 1.165) is 45.3 Å². The Morgan fingerprint density at radius 2 is 2.00 bits per heavy atom. The maximum atomic E-state index is 12.5. The van der Waals surface area contributed by atoms with Crippen LogP contribution < -0.4 is 5.73 Å². The number of hydrogen-bond donors (Lipinski definition) is 1. The van der Waals surface area contributed by atoms with Gasteiger partial charge in [0.25, 0.3) is 0 Å². The Balaban J connectivity index is 2.01. The first-order valence-electron chi connectivity index (χ1n) is 6.82. The van der Waals surface area contributed by atoms with Crippen molar-refractivity contribution in [2.45, 2.75) is 57.1 Å². The standard InChI is InChI=1S/C13H24N2O2/c1-11-10-15(8-5-9-17-11)12(16)13(14)6-3-2-4-7-13/h11H,2-10,14H2,1H3. The highest BCUT2D eigenvalue weighted by Gasteiger charge is 2.38. The number of nitrogens with two attached hydrogens (primary N) is 1. The SMILES string of the molecule is CC1CN(C(=O)C2(N)CCCCC2)CCCO1. The zero-order chi connectivity index (χ0) is 12.3. The molecule has 0 aromatic carbocycles. The van der Waals surface area contributed by atoms with Crippen LogP contribution in [0.15, 0.2) is 0 Å². The van der Waals surface area contributed by atoms with Crippen molar-refractivity contribution >= 4 is 5.91 Å². The summed E-state index contributed by atoms with van der Waals surface area (Å²) in [6.07, 6.45) is 6.13. The molecule has 4 heteroatoms. The summed E-state index contributed by atoms with van der Waals surface area (Å²) in [6, 6.07) is 0. The van der Waals surface area contributed by atoms with Crippen molar-refractivity contribution < 1.29 is 9.53 Å². The molecule has 0 radical (unpaired) electrons. The van der Waals surface area contributed by atoms with Crippen LogP contribution in [0.25, 0.3) is 0 Å². The molecule has 0 spiro atoms. The number of nitrogens with zero attached hydrogens (tertiary/aromatic N) is 1. The van der Waals surface area contributed by atoms with Gasteiger partial charge in [-0.2, -0.15) is 0 Å². The minimum Gasteiger partial charge on any atom is -0.377 e. The molecule has 1 saturated carbocycles. The average molecular weight is 240 g/mol. The van der Waals surface area contributed by atoms with Gasteiger partial charge in [-0.05, 0) is 26.2 Å². The molecule has 98 valence electrons. The van der Waals surface area contributed by atoms with E-state index in [1.54, 1.807) is 0 Å². The summed E-state index contributed by atoms with van der Waals surface area (Å²) >= 11 is 0. The molecule has 1 unspecified atom stereocenters. The fourth-order valence-electron chi connectivity index (χ4n) is 2.89. The van der Waals surface area contributed by atoms with Crippen molar-refractivity contribution in [1.82, 2.24) is 4.90 Å². The van der Waals surface area contributed by atoms with Gasteiger partial charge in [0.2, 0.25) is 5.91 Å². The summed E-state index contributed by atoms with van der Waals surface area (Å²) in [6.45, 7) is 4.26. The minimum atomic E-state index is -0.595. The van der Waals surface area contributed by atoms with Gasteiger partial charge in [0.15, 0.2) is 0 Å². The first-order valence-corrected chi connectivity index (χ1v) is 6.82. The Bertz CT molecular complexity index is 275. The Morgan fingerprint density at radius 3 is 2.71 bits per heavy atom. The third-order valence-electron chi connectivity index (χ3n) is 3.91. The fraction of sp³-hybridized carbons (Fsp3) is 0.923. The van der Waals surface area contributed by atoms with Gasteiger partial charge in [-0.3, -0.25) is 4.79 Å². The minimum absolute atomic E-state index is 0.133. The van der Waals surface area contributed by atoms with E-state index in [-0.39, 0.29) is 12.0 Å². The van der Waals surface area contributed by atoms with Gasteiger partial charge in [0.1, 0.15) is 0 Å². The quantitative estimate of drug-likeness (QED) is 0.751. The van der Waals surface area contributed by atoms with Crippen LogP contribution in [0.2, 0.25) is 0 Å². The number of hydrogen-bond acceptors (Lipinski definition) is 3. The molecule has 1 atom stereocenters. The first kappa shape index (κ1) is 12.8. The summed E-state index contributed by atoms with van der Waals surface area (Å²) in [5.41, 5.74) is 5.70. The predicted molar refractivity (Wildman–Crippen MR) is 66.6 cm³/mol. The van der Waals surface area contributed by atoms with E-state index in [2.05, 4.69) is 0 Å². The van der Waals surface area contributed by atoms with Gasteiger partial charge in [-0.1, -0.05) is 19.3 Å². The molecule has 1 amide bonds. The van der Waals surface area contributed by atoms with Crippen LogP contribution in [0.5, 0.6) is 0 Å². The molecule has 2 N–H and O–H groups in total. The lowest BCUT2D eigenvalue weighted by Gasteiger charge is -2.36. The Labute approximate surface area is 103 Å². The number of amides is 1. The van der Waals surface area contributed by atoms with Gasteiger partial charge in [0.05, 0.1) is 11.6 Å². The largest absolute Gasteiger partial charge is 0.377 e. The van der Waals surface area contributed by atoms with Crippen LogP contribution >= 0.6 is 0 Å². The summed E-state index contributed by atoms with van der Waals surface area (Å²) in [7, 11) is 0. The van der Waals surface area contributed by atoms with E-state index < -0.39 is 5.54 Å². The van der Waals surface area contributed by atoms with E-state index in [4.69, 9.17) is 10.5 Å². The summed E-state index contributed by atoms with van der Waals surface area (Å²) < 4.78 is 5.57.